The van der Waals surface area contributed by atoms with E-state index < -0.39 is 0 Å². The standard InChI is InChI=1S/C19H22N2O/c1-14-13-19(20(3)16-9-5-4-6-10-16)17-11-7-8-12-18(17)21(14)15(2)22/h4-12,14,19H,13H2,1-3H3/t14-,19?/m1/s1. The van der Waals surface area contributed by atoms with Gasteiger partial charge in [0.1, 0.15) is 0 Å². The zero-order valence-electron chi connectivity index (χ0n) is 13.4. The Bertz CT molecular complexity index is 668. The third kappa shape index (κ3) is 2.47. The Balaban J connectivity index is 2.03. The van der Waals surface area contributed by atoms with Crippen molar-refractivity contribution in [1.29, 1.82) is 0 Å². The van der Waals surface area contributed by atoms with Crippen molar-refractivity contribution in [2.75, 3.05) is 16.8 Å². The van der Waals surface area contributed by atoms with Gasteiger partial charge in [-0.05, 0) is 37.1 Å². The zero-order chi connectivity index (χ0) is 15.7. The number of hydrogen-bond acceptors (Lipinski definition) is 2. The molecule has 1 heterocycles. The van der Waals surface area contributed by atoms with Crippen molar-refractivity contribution >= 4 is 17.3 Å². The van der Waals surface area contributed by atoms with Crippen LogP contribution in [-0.2, 0) is 4.79 Å². The van der Waals surface area contributed by atoms with Crippen molar-refractivity contribution in [1.82, 2.24) is 0 Å². The number of anilines is 2. The van der Waals surface area contributed by atoms with Crippen LogP contribution >= 0.6 is 0 Å². The maximum absolute atomic E-state index is 12.0. The number of fused-ring (bicyclic) bond motifs is 1. The van der Waals surface area contributed by atoms with Crippen molar-refractivity contribution in [3.05, 3.63) is 60.2 Å². The molecule has 114 valence electrons. The molecule has 0 bridgehead atoms. The van der Waals surface area contributed by atoms with Gasteiger partial charge in [-0.3, -0.25) is 4.79 Å². The molecule has 0 aromatic heterocycles. The molecule has 2 aromatic rings. The minimum absolute atomic E-state index is 0.112. The van der Waals surface area contributed by atoms with Gasteiger partial charge in [-0.15, -0.1) is 0 Å². The predicted molar refractivity (Wildman–Crippen MR) is 91.3 cm³/mol. The lowest BCUT2D eigenvalue weighted by Crippen LogP contribution is -2.45. The number of carbonyl (C=O) groups is 1. The Morgan fingerprint density at radius 3 is 2.41 bits per heavy atom. The van der Waals surface area contributed by atoms with Crippen LogP contribution in [0.3, 0.4) is 0 Å². The van der Waals surface area contributed by atoms with E-state index in [-0.39, 0.29) is 18.0 Å². The van der Waals surface area contributed by atoms with Crippen LogP contribution in [0.4, 0.5) is 11.4 Å². The number of nitrogens with zero attached hydrogens (tertiary/aromatic N) is 2. The summed E-state index contributed by atoms with van der Waals surface area (Å²) in [5.74, 6) is 0.112. The maximum Gasteiger partial charge on any atom is 0.224 e. The highest BCUT2D eigenvalue weighted by Gasteiger charge is 2.34. The van der Waals surface area contributed by atoms with Gasteiger partial charge >= 0.3 is 0 Å². The molecule has 1 amide bonds. The van der Waals surface area contributed by atoms with Gasteiger partial charge in [0.2, 0.25) is 5.91 Å². The average Bonchev–Trinajstić information content (AvgIpc) is 2.53. The minimum Gasteiger partial charge on any atom is -0.367 e. The molecule has 2 aromatic carbocycles. The van der Waals surface area contributed by atoms with E-state index in [0.29, 0.717) is 0 Å². The summed E-state index contributed by atoms with van der Waals surface area (Å²) in [7, 11) is 2.13. The second-order valence-electron chi connectivity index (χ2n) is 5.99. The molecule has 0 N–H and O–H groups in total. The summed E-state index contributed by atoms with van der Waals surface area (Å²) in [6.45, 7) is 3.78. The number of carbonyl (C=O) groups excluding carboxylic acids is 1. The lowest BCUT2D eigenvalue weighted by molar-refractivity contribution is -0.117. The van der Waals surface area contributed by atoms with Crippen molar-refractivity contribution < 1.29 is 4.79 Å². The molecule has 3 nitrogen and oxygen atoms in total. The molecule has 1 unspecified atom stereocenters. The van der Waals surface area contributed by atoms with Gasteiger partial charge in [0, 0.05) is 31.4 Å². The van der Waals surface area contributed by atoms with E-state index in [9.17, 15) is 4.79 Å². The van der Waals surface area contributed by atoms with Crippen LogP contribution in [0.15, 0.2) is 54.6 Å². The highest BCUT2D eigenvalue weighted by atomic mass is 16.2. The second kappa shape index (κ2) is 5.84. The van der Waals surface area contributed by atoms with Crippen molar-refractivity contribution in [3.8, 4) is 0 Å². The Labute approximate surface area is 132 Å². The van der Waals surface area contributed by atoms with Crippen molar-refractivity contribution in [2.24, 2.45) is 0 Å². The van der Waals surface area contributed by atoms with E-state index in [1.165, 1.54) is 11.3 Å². The number of benzene rings is 2. The van der Waals surface area contributed by atoms with Crippen LogP contribution in [0.5, 0.6) is 0 Å². The summed E-state index contributed by atoms with van der Waals surface area (Å²) in [6.07, 6.45) is 0.933. The van der Waals surface area contributed by atoms with Crippen molar-refractivity contribution in [3.63, 3.8) is 0 Å². The topological polar surface area (TPSA) is 23.6 Å². The molecule has 0 saturated heterocycles. The fraction of sp³-hybridized carbons (Fsp3) is 0.316. The van der Waals surface area contributed by atoms with E-state index in [1.54, 1.807) is 6.92 Å². The second-order valence-corrected chi connectivity index (χ2v) is 5.99. The molecule has 22 heavy (non-hydrogen) atoms. The number of rotatable bonds is 2. The molecular formula is C19H22N2O. The Morgan fingerprint density at radius 2 is 1.73 bits per heavy atom. The van der Waals surface area contributed by atoms with Gasteiger partial charge in [-0.25, -0.2) is 0 Å². The summed E-state index contributed by atoms with van der Waals surface area (Å²) in [5.41, 5.74) is 3.47. The molecule has 0 spiro atoms. The third-order valence-electron chi connectivity index (χ3n) is 4.53. The van der Waals surface area contributed by atoms with Gasteiger partial charge < -0.3 is 9.80 Å². The first-order chi connectivity index (χ1) is 10.6. The smallest absolute Gasteiger partial charge is 0.224 e. The maximum atomic E-state index is 12.0. The van der Waals surface area contributed by atoms with E-state index >= 15 is 0 Å². The predicted octanol–water partition coefficient (Wildman–Crippen LogP) is 4.01. The molecule has 0 saturated carbocycles. The summed E-state index contributed by atoms with van der Waals surface area (Å²) in [6, 6.07) is 19.2. The SMILES string of the molecule is CC(=O)N1c2ccccc2C(N(C)c2ccccc2)C[C@H]1C. The number of para-hydroxylation sites is 2. The van der Waals surface area contributed by atoms with Gasteiger partial charge in [-0.1, -0.05) is 36.4 Å². The number of hydrogen-bond donors (Lipinski definition) is 0. The van der Waals surface area contributed by atoms with Crippen molar-refractivity contribution in [2.45, 2.75) is 32.4 Å². The van der Waals surface area contributed by atoms with Gasteiger partial charge in [0.05, 0.1) is 6.04 Å². The van der Waals surface area contributed by atoms with Gasteiger partial charge in [0.25, 0.3) is 0 Å². The normalized spacial score (nSPS) is 20.4. The van der Waals surface area contributed by atoms with Crippen LogP contribution in [0.25, 0.3) is 0 Å². The number of amides is 1. The summed E-state index contributed by atoms with van der Waals surface area (Å²) < 4.78 is 0. The highest BCUT2D eigenvalue weighted by molar-refractivity contribution is 5.93. The summed E-state index contributed by atoms with van der Waals surface area (Å²) in [4.78, 5) is 16.3. The van der Waals surface area contributed by atoms with Gasteiger partial charge in [0.15, 0.2) is 0 Å². The van der Waals surface area contributed by atoms with Gasteiger partial charge in [-0.2, -0.15) is 0 Å². The first-order valence-corrected chi connectivity index (χ1v) is 7.76. The Hall–Kier alpha value is -2.29. The third-order valence-corrected chi connectivity index (χ3v) is 4.53. The molecule has 1 aliphatic heterocycles. The molecule has 0 aliphatic carbocycles. The molecule has 2 atom stereocenters. The quantitative estimate of drug-likeness (QED) is 0.835. The fourth-order valence-electron chi connectivity index (χ4n) is 3.47. The lowest BCUT2D eigenvalue weighted by atomic mass is 9.90. The summed E-state index contributed by atoms with van der Waals surface area (Å²) >= 11 is 0. The first-order valence-electron chi connectivity index (χ1n) is 7.76. The van der Waals surface area contributed by atoms with Crippen LogP contribution in [0.1, 0.15) is 31.9 Å². The van der Waals surface area contributed by atoms with Crippen LogP contribution in [-0.4, -0.2) is 19.0 Å². The summed E-state index contributed by atoms with van der Waals surface area (Å²) in [5, 5.41) is 0. The Morgan fingerprint density at radius 1 is 1.09 bits per heavy atom. The van der Waals surface area contributed by atoms with E-state index in [1.807, 2.05) is 17.0 Å². The monoisotopic (exact) mass is 294 g/mol. The van der Waals surface area contributed by atoms with E-state index in [2.05, 4.69) is 61.3 Å². The van der Waals surface area contributed by atoms with Crippen LogP contribution in [0, 0.1) is 0 Å². The Kier molecular flexibility index (Phi) is 3.88. The molecule has 3 rings (SSSR count). The highest BCUT2D eigenvalue weighted by Crippen LogP contribution is 2.41. The molecule has 0 radical (unpaired) electrons. The molecule has 3 heteroatoms. The van der Waals surface area contributed by atoms with E-state index in [0.717, 1.165) is 12.1 Å². The largest absolute Gasteiger partial charge is 0.367 e. The van der Waals surface area contributed by atoms with E-state index in [4.69, 9.17) is 0 Å². The molecular weight excluding hydrogens is 272 g/mol. The molecule has 0 fully saturated rings. The zero-order valence-corrected chi connectivity index (χ0v) is 13.4. The average molecular weight is 294 g/mol. The molecule has 1 aliphatic rings. The van der Waals surface area contributed by atoms with Crippen LogP contribution in [0.2, 0.25) is 0 Å². The lowest BCUT2D eigenvalue weighted by Gasteiger charge is -2.42. The minimum atomic E-state index is 0.112. The van der Waals surface area contributed by atoms with Crippen LogP contribution < -0.4 is 9.80 Å². The first kappa shape index (κ1) is 14.6. The fourth-order valence-corrected chi connectivity index (χ4v) is 3.47.